The largest absolute Gasteiger partial charge is 0.444 e. The van der Waals surface area contributed by atoms with Gasteiger partial charge in [0.2, 0.25) is 0 Å². The van der Waals surface area contributed by atoms with E-state index in [4.69, 9.17) is 4.74 Å². The van der Waals surface area contributed by atoms with E-state index in [1.165, 1.54) is 4.57 Å². The van der Waals surface area contributed by atoms with Crippen LogP contribution >= 0.6 is 15.9 Å². The fourth-order valence-electron chi connectivity index (χ4n) is 2.75. The number of fused-ring (bicyclic) bond motifs is 1. The van der Waals surface area contributed by atoms with E-state index in [9.17, 15) is 9.59 Å². The summed E-state index contributed by atoms with van der Waals surface area (Å²) in [5.41, 5.74) is -0.0397. The SMILES string of the molecule is Cn1c(C2CCN2C(=O)OC(C)(C)C)nc2cc(Br)ccc2c1=O. The summed E-state index contributed by atoms with van der Waals surface area (Å²) in [6.45, 7) is 6.11. The van der Waals surface area contributed by atoms with Gasteiger partial charge in [-0.25, -0.2) is 9.78 Å². The first-order chi connectivity index (χ1) is 11.2. The van der Waals surface area contributed by atoms with Crippen LogP contribution in [0, 0.1) is 0 Å². The minimum absolute atomic E-state index is 0.112. The van der Waals surface area contributed by atoms with Gasteiger partial charge < -0.3 is 4.74 Å². The number of hydrogen-bond donors (Lipinski definition) is 0. The third-order valence-electron chi connectivity index (χ3n) is 4.02. The topological polar surface area (TPSA) is 64.4 Å². The molecule has 0 radical (unpaired) electrons. The molecule has 1 atom stereocenters. The molecule has 1 aromatic heterocycles. The molecule has 3 rings (SSSR count). The number of ether oxygens (including phenoxy) is 1. The molecule has 1 aromatic carbocycles. The highest BCUT2D eigenvalue weighted by atomic mass is 79.9. The van der Waals surface area contributed by atoms with Gasteiger partial charge in [-0.05, 0) is 45.4 Å². The summed E-state index contributed by atoms with van der Waals surface area (Å²) >= 11 is 3.40. The lowest BCUT2D eigenvalue weighted by Gasteiger charge is -2.41. The molecule has 0 N–H and O–H groups in total. The van der Waals surface area contributed by atoms with Crippen LogP contribution in [0.1, 0.15) is 39.1 Å². The first-order valence-corrected chi connectivity index (χ1v) is 8.62. The van der Waals surface area contributed by atoms with Gasteiger partial charge in [-0.1, -0.05) is 15.9 Å². The molecule has 1 fully saturated rings. The first kappa shape index (κ1) is 17.0. The Kier molecular flexibility index (Phi) is 4.15. The highest BCUT2D eigenvalue weighted by Crippen LogP contribution is 2.33. The normalized spacial score (nSPS) is 17.7. The third kappa shape index (κ3) is 3.05. The van der Waals surface area contributed by atoms with E-state index in [0.29, 0.717) is 23.3 Å². The van der Waals surface area contributed by atoms with Gasteiger partial charge in [0.15, 0.2) is 0 Å². The molecule has 1 aliphatic rings. The molecule has 24 heavy (non-hydrogen) atoms. The van der Waals surface area contributed by atoms with E-state index in [1.807, 2.05) is 32.9 Å². The molecule has 1 saturated heterocycles. The van der Waals surface area contributed by atoms with Crippen LogP contribution in [-0.4, -0.2) is 32.7 Å². The van der Waals surface area contributed by atoms with Crippen molar-refractivity contribution < 1.29 is 9.53 Å². The Morgan fingerprint density at radius 1 is 1.38 bits per heavy atom. The van der Waals surface area contributed by atoms with Crippen LogP contribution < -0.4 is 5.56 Å². The predicted molar refractivity (Wildman–Crippen MR) is 95.0 cm³/mol. The number of carbonyl (C=O) groups is 1. The zero-order valence-corrected chi connectivity index (χ0v) is 15.8. The van der Waals surface area contributed by atoms with E-state index in [2.05, 4.69) is 20.9 Å². The van der Waals surface area contributed by atoms with Crippen LogP contribution in [0.15, 0.2) is 27.5 Å². The van der Waals surface area contributed by atoms with Crippen molar-refractivity contribution in [3.05, 3.63) is 38.9 Å². The molecular weight excluding hydrogens is 374 g/mol. The van der Waals surface area contributed by atoms with Crippen molar-refractivity contribution >= 4 is 32.9 Å². The Bertz CT molecular complexity index is 870. The van der Waals surface area contributed by atoms with Gasteiger partial charge in [0, 0.05) is 18.1 Å². The van der Waals surface area contributed by atoms with Gasteiger partial charge in [-0.2, -0.15) is 0 Å². The third-order valence-corrected chi connectivity index (χ3v) is 4.51. The highest BCUT2D eigenvalue weighted by molar-refractivity contribution is 9.10. The number of hydrogen-bond acceptors (Lipinski definition) is 4. The maximum absolute atomic E-state index is 12.6. The average molecular weight is 394 g/mol. The summed E-state index contributed by atoms with van der Waals surface area (Å²) < 4.78 is 7.82. The summed E-state index contributed by atoms with van der Waals surface area (Å²) in [5, 5.41) is 0.563. The lowest BCUT2D eigenvalue weighted by molar-refractivity contribution is -0.00803. The van der Waals surface area contributed by atoms with Crippen LogP contribution in [0.5, 0.6) is 0 Å². The van der Waals surface area contributed by atoms with Crippen LogP contribution in [0.4, 0.5) is 4.79 Å². The molecule has 6 nitrogen and oxygen atoms in total. The van der Waals surface area contributed by atoms with Crippen molar-refractivity contribution in [2.75, 3.05) is 6.54 Å². The second-order valence-corrected chi connectivity index (χ2v) is 7.89. The number of rotatable bonds is 1. The maximum atomic E-state index is 12.6. The van der Waals surface area contributed by atoms with Gasteiger partial charge in [-0.3, -0.25) is 14.3 Å². The van der Waals surface area contributed by atoms with E-state index in [0.717, 1.165) is 10.9 Å². The molecule has 2 heterocycles. The summed E-state index contributed by atoms with van der Waals surface area (Å²) in [7, 11) is 1.69. The first-order valence-electron chi connectivity index (χ1n) is 7.83. The number of aromatic nitrogens is 2. The van der Waals surface area contributed by atoms with E-state index >= 15 is 0 Å². The number of halogens is 1. The molecule has 0 aliphatic carbocycles. The zero-order chi connectivity index (χ0) is 17.6. The van der Waals surface area contributed by atoms with Crippen LogP contribution in [0.25, 0.3) is 10.9 Å². The predicted octanol–water partition coefficient (Wildman–Crippen LogP) is 3.38. The standard InChI is InChI=1S/C17H20BrN3O3/c1-17(2,3)24-16(23)21-8-7-13(21)14-19-12-9-10(18)5-6-11(12)15(22)20(14)4/h5-6,9,13H,7-8H2,1-4H3. The molecule has 1 aliphatic heterocycles. The zero-order valence-electron chi connectivity index (χ0n) is 14.2. The molecule has 128 valence electrons. The van der Waals surface area contributed by atoms with Crippen LogP contribution in [-0.2, 0) is 11.8 Å². The molecule has 0 spiro atoms. The fraction of sp³-hybridized carbons (Fsp3) is 0.471. The van der Waals surface area contributed by atoms with Crippen molar-refractivity contribution in [2.45, 2.75) is 38.8 Å². The smallest absolute Gasteiger partial charge is 0.410 e. The van der Waals surface area contributed by atoms with Crippen LogP contribution in [0.3, 0.4) is 0 Å². The summed E-state index contributed by atoms with van der Waals surface area (Å²) in [4.78, 5) is 31.2. The molecule has 1 unspecified atom stereocenters. The number of amides is 1. The Labute approximate surface area is 148 Å². The lowest BCUT2D eigenvalue weighted by atomic mass is 10.0. The number of nitrogens with zero attached hydrogens (tertiary/aromatic N) is 3. The Hall–Kier alpha value is -1.89. The van der Waals surface area contributed by atoms with Gasteiger partial charge >= 0.3 is 6.09 Å². The summed E-state index contributed by atoms with van der Waals surface area (Å²) in [6, 6.07) is 5.16. The van der Waals surface area contributed by atoms with E-state index < -0.39 is 5.60 Å². The van der Waals surface area contributed by atoms with Gasteiger partial charge in [-0.15, -0.1) is 0 Å². The number of benzene rings is 1. The number of carbonyl (C=O) groups excluding carboxylic acids is 1. The molecule has 2 aromatic rings. The van der Waals surface area contributed by atoms with Crippen molar-refractivity contribution in [1.82, 2.24) is 14.5 Å². The van der Waals surface area contributed by atoms with E-state index in [-0.39, 0.29) is 17.7 Å². The minimum Gasteiger partial charge on any atom is -0.444 e. The summed E-state index contributed by atoms with van der Waals surface area (Å²) in [6.07, 6.45) is 0.390. The summed E-state index contributed by atoms with van der Waals surface area (Å²) in [5.74, 6) is 0.586. The molecule has 0 saturated carbocycles. The van der Waals surface area contributed by atoms with Gasteiger partial charge in [0.05, 0.1) is 16.9 Å². The second kappa shape index (κ2) is 5.88. The Balaban J connectivity index is 1.99. The molecule has 0 bridgehead atoms. The Morgan fingerprint density at radius 3 is 2.67 bits per heavy atom. The van der Waals surface area contributed by atoms with Crippen molar-refractivity contribution in [3.63, 3.8) is 0 Å². The van der Waals surface area contributed by atoms with Crippen LogP contribution in [0.2, 0.25) is 0 Å². The minimum atomic E-state index is -0.551. The van der Waals surface area contributed by atoms with Crippen molar-refractivity contribution in [3.8, 4) is 0 Å². The van der Waals surface area contributed by atoms with Gasteiger partial charge in [0.25, 0.3) is 5.56 Å². The fourth-order valence-corrected chi connectivity index (χ4v) is 3.10. The molecule has 1 amide bonds. The monoisotopic (exact) mass is 393 g/mol. The highest BCUT2D eigenvalue weighted by Gasteiger charge is 2.38. The van der Waals surface area contributed by atoms with E-state index in [1.54, 1.807) is 18.0 Å². The maximum Gasteiger partial charge on any atom is 0.410 e. The second-order valence-electron chi connectivity index (χ2n) is 6.97. The molecular formula is C17H20BrN3O3. The van der Waals surface area contributed by atoms with Gasteiger partial charge in [0.1, 0.15) is 11.4 Å². The average Bonchev–Trinajstić information content (AvgIpc) is 2.40. The molecule has 7 heteroatoms. The Morgan fingerprint density at radius 2 is 2.08 bits per heavy atom. The lowest BCUT2D eigenvalue weighted by Crippen LogP contribution is -2.49. The van der Waals surface area contributed by atoms with Crippen molar-refractivity contribution in [1.29, 1.82) is 0 Å². The quantitative estimate of drug-likeness (QED) is 0.744. The number of likely N-dealkylation sites (tertiary alicyclic amines) is 1. The van der Waals surface area contributed by atoms with Crippen molar-refractivity contribution in [2.24, 2.45) is 7.05 Å².